The van der Waals surface area contributed by atoms with Gasteiger partial charge in [0.25, 0.3) is 0 Å². The van der Waals surface area contributed by atoms with Crippen molar-refractivity contribution in [1.29, 1.82) is 0 Å². The van der Waals surface area contributed by atoms with Crippen molar-refractivity contribution in [3.8, 4) is 0 Å². The summed E-state index contributed by atoms with van der Waals surface area (Å²) < 4.78 is 27.1. The zero-order valence-electron chi connectivity index (χ0n) is 11.4. The van der Waals surface area contributed by atoms with Crippen LogP contribution < -0.4 is 10.5 Å². The third kappa shape index (κ3) is 4.19. The van der Waals surface area contributed by atoms with Gasteiger partial charge in [-0.1, -0.05) is 6.07 Å². The largest absolute Gasteiger partial charge is 0.398 e. The lowest BCUT2D eigenvalue weighted by atomic mass is 10.1. The van der Waals surface area contributed by atoms with E-state index in [1.54, 1.807) is 26.0 Å². The van der Waals surface area contributed by atoms with Crippen molar-refractivity contribution < 1.29 is 13.5 Å². The highest BCUT2D eigenvalue weighted by Crippen LogP contribution is 2.24. The lowest BCUT2D eigenvalue weighted by Gasteiger charge is -2.13. The Bertz CT molecular complexity index is 527. The van der Waals surface area contributed by atoms with Gasteiger partial charge in [-0.3, -0.25) is 0 Å². The first-order valence-electron chi connectivity index (χ1n) is 6.36. The van der Waals surface area contributed by atoms with Gasteiger partial charge in [-0.2, -0.15) is 0 Å². The standard InChI is InChI=1S/C13H22N2O3S/c1-10-6-7-12(14)11(2)13(10)19(17,18)15-8-4-3-5-9-16/h6-7,15-16H,3-5,8-9,14H2,1-2H3. The van der Waals surface area contributed by atoms with E-state index in [2.05, 4.69) is 4.72 Å². The summed E-state index contributed by atoms with van der Waals surface area (Å²) in [5, 5.41) is 8.65. The fraction of sp³-hybridized carbons (Fsp3) is 0.538. The highest BCUT2D eigenvalue weighted by Gasteiger charge is 2.20. The lowest BCUT2D eigenvalue weighted by molar-refractivity contribution is 0.283. The van der Waals surface area contributed by atoms with Crippen LogP contribution >= 0.6 is 0 Å². The van der Waals surface area contributed by atoms with E-state index in [1.807, 2.05) is 0 Å². The van der Waals surface area contributed by atoms with Crippen LogP contribution in [0.3, 0.4) is 0 Å². The number of nitrogen functional groups attached to an aromatic ring is 1. The van der Waals surface area contributed by atoms with Crippen molar-refractivity contribution in [2.24, 2.45) is 0 Å². The number of aliphatic hydroxyl groups excluding tert-OH is 1. The Morgan fingerprint density at radius 1 is 1.21 bits per heavy atom. The summed E-state index contributed by atoms with van der Waals surface area (Å²) in [4.78, 5) is 0.273. The van der Waals surface area contributed by atoms with E-state index in [9.17, 15) is 8.42 Å². The molecule has 0 spiro atoms. The lowest BCUT2D eigenvalue weighted by Crippen LogP contribution is -2.26. The van der Waals surface area contributed by atoms with Gasteiger partial charge in [0.2, 0.25) is 10.0 Å². The molecule has 19 heavy (non-hydrogen) atoms. The smallest absolute Gasteiger partial charge is 0.241 e. The summed E-state index contributed by atoms with van der Waals surface area (Å²) >= 11 is 0. The molecule has 0 heterocycles. The number of unbranched alkanes of at least 4 members (excludes halogenated alkanes) is 2. The minimum Gasteiger partial charge on any atom is -0.398 e. The van der Waals surface area contributed by atoms with Crippen molar-refractivity contribution in [2.45, 2.75) is 38.0 Å². The third-order valence-corrected chi connectivity index (χ3v) is 4.79. The molecule has 0 fully saturated rings. The van der Waals surface area contributed by atoms with Gasteiger partial charge in [-0.15, -0.1) is 0 Å². The molecule has 0 atom stereocenters. The maximum Gasteiger partial charge on any atom is 0.241 e. The number of hydrogen-bond donors (Lipinski definition) is 3. The second kappa shape index (κ2) is 6.88. The number of nitrogens with one attached hydrogen (secondary N) is 1. The molecule has 0 aliphatic heterocycles. The molecule has 0 radical (unpaired) electrons. The first kappa shape index (κ1) is 15.9. The van der Waals surface area contributed by atoms with E-state index in [0.29, 0.717) is 36.2 Å². The maximum atomic E-state index is 12.2. The molecular weight excluding hydrogens is 264 g/mol. The molecule has 0 unspecified atom stereocenters. The molecule has 1 aromatic rings. The van der Waals surface area contributed by atoms with Crippen LogP contribution in [0.5, 0.6) is 0 Å². The Balaban J connectivity index is 2.81. The molecule has 0 saturated heterocycles. The fourth-order valence-electron chi connectivity index (χ4n) is 1.95. The number of sulfonamides is 1. The van der Waals surface area contributed by atoms with E-state index < -0.39 is 10.0 Å². The highest BCUT2D eigenvalue weighted by molar-refractivity contribution is 7.89. The van der Waals surface area contributed by atoms with Gasteiger partial charge in [0, 0.05) is 18.8 Å². The van der Waals surface area contributed by atoms with Crippen molar-refractivity contribution in [3.63, 3.8) is 0 Å². The summed E-state index contributed by atoms with van der Waals surface area (Å²) in [6.07, 6.45) is 2.20. The molecule has 1 aromatic carbocycles. The summed E-state index contributed by atoms with van der Waals surface area (Å²) in [7, 11) is -3.52. The van der Waals surface area contributed by atoms with Crippen molar-refractivity contribution in [1.82, 2.24) is 4.72 Å². The number of aliphatic hydroxyl groups is 1. The number of anilines is 1. The monoisotopic (exact) mass is 286 g/mol. The Morgan fingerprint density at radius 2 is 1.89 bits per heavy atom. The summed E-state index contributed by atoms with van der Waals surface area (Å²) in [6.45, 7) is 3.98. The Kier molecular flexibility index (Phi) is 5.78. The second-order valence-electron chi connectivity index (χ2n) is 4.61. The van der Waals surface area contributed by atoms with Crippen LogP contribution in [0.4, 0.5) is 5.69 Å². The zero-order chi connectivity index (χ0) is 14.5. The molecule has 0 saturated carbocycles. The average molecular weight is 286 g/mol. The van der Waals surface area contributed by atoms with Gasteiger partial charge in [0.15, 0.2) is 0 Å². The van der Waals surface area contributed by atoms with E-state index >= 15 is 0 Å². The molecule has 4 N–H and O–H groups in total. The Hall–Kier alpha value is -1.11. The SMILES string of the molecule is Cc1ccc(N)c(C)c1S(=O)(=O)NCCCCCO. The van der Waals surface area contributed by atoms with Crippen LogP contribution in [0.25, 0.3) is 0 Å². The quantitative estimate of drug-likeness (QED) is 0.521. The zero-order valence-corrected chi connectivity index (χ0v) is 12.3. The fourth-order valence-corrected chi connectivity index (χ4v) is 3.52. The molecule has 0 aliphatic carbocycles. The number of benzene rings is 1. The summed E-state index contributed by atoms with van der Waals surface area (Å²) in [5.74, 6) is 0. The van der Waals surface area contributed by atoms with Crippen LogP contribution in [0, 0.1) is 13.8 Å². The van der Waals surface area contributed by atoms with Crippen LogP contribution in [0.1, 0.15) is 30.4 Å². The number of hydrogen-bond acceptors (Lipinski definition) is 4. The highest BCUT2D eigenvalue weighted by atomic mass is 32.2. The van der Waals surface area contributed by atoms with Crippen LogP contribution in [-0.4, -0.2) is 26.7 Å². The maximum absolute atomic E-state index is 12.2. The van der Waals surface area contributed by atoms with Crippen molar-refractivity contribution in [2.75, 3.05) is 18.9 Å². The van der Waals surface area contributed by atoms with Crippen LogP contribution in [0.2, 0.25) is 0 Å². The number of nitrogens with two attached hydrogens (primary N) is 1. The first-order valence-corrected chi connectivity index (χ1v) is 7.84. The number of rotatable bonds is 7. The van der Waals surface area contributed by atoms with E-state index in [1.165, 1.54) is 0 Å². The van der Waals surface area contributed by atoms with E-state index in [-0.39, 0.29) is 11.5 Å². The molecule has 0 amide bonds. The van der Waals surface area contributed by atoms with Gasteiger partial charge >= 0.3 is 0 Å². The molecule has 6 heteroatoms. The van der Waals surface area contributed by atoms with Gasteiger partial charge < -0.3 is 10.8 Å². The average Bonchev–Trinajstić information content (AvgIpc) is 2.34. The second-order valence-corrected chi connectivity index (χ2v) is 6.31. The molecule has 0 aliphatic rings. The summed E-state index contributed by atoms with van der Waals surface area (Å²) in [5.41, 5.74) is 7.51. The van der Waals surface area contributed by atoms with Crippen molar-refractivity contribution >= 4 is 15.7 Å². The van der Waals surface area contributed by atoms with Crippen LogP contribution in [-0.2, 0) is 10.0 Å². The topological polar surface area (TPSA) is 92.4 Å². The normalized spacial score (nSPS) is 11.7. The van der Waals surface area contributed by atoms with Crippen LogP contribution in [0.15, 0.2) is 17.0 Å². The Labute approximate surface area is 114 Å². The molecule has 108 valence electrons. The first-order chi connectivity index (χ1) is 8.90. The molecule has 1 rings (SSSR count). The van der Waals surface area contributed by atoms with E-state index in [0.717, 1.165) is 6.42 Å². The van der Waals surface area contributed by atoms with E-state index in [4.69, 9.17) is 10.8 Å². The summed E-state index contributed by atoms with van der Waals surface area (Å²) in [6, 6.07) is 3.42. The third-order valence-electron chi connectivity index (χ3n) is 3.04. The molecular formula is C13H22N2O3S. The number of aryl methyl sites for hydroxylation is 1. The Morgan fingerprint density at radius 3 is 2.53 bits per heavy atom. The van der Waals surface area contributed by atoms with Gasteiger partial charge in [0.1, 0.15) is 0 Å². The van der Waals surface area contributed by atoms with Gasteiger partial charge in [-0.05, 0) is 50.3 Å². The molecule has 0 aromatic heterocycles. The van der Waals surface area contributed by atoms with Gasteiger partial charge in [0.05, 0.1) is 4.90 Å². The van der Waals surface area contributed by atoms with Gasteiger partial charge in [-0.25, -0.2) is 13.1 Å². The predicted octanol–water partition coefficient (Wildman–Crippen LogP) is 1.33. The molecule has 5 nitrogen and oxygen atoms in total. The van der Waals surface area contributed by atoms with Crippen molar-refractivity contribution in [3.05, 3.63) is 23.3 Å². The minimum atomic E-state index is -3.52. The minimum absolute atomic E-state index is 0.139. The molecule has 0 bridgehead atoms. The predicted molar refractivity (Wildman–Crippen MR) is 76.5 cm³/mol.